The van der Waals surface area contributed by atoms with E-state index in [-0.39, 0.29) is 63.8 Å². The van der Waals surface area contributed by atoms with Gasteiger partial charge in [-0.3, -0.25) is 19.2 Å². The van der Waals surface area contributed by atoms with E-state index >= 15 is 0 Å². The molecule has 8 heteroatoms. The first-order valence-electron chi connectivity index (χ1n) is 20.5. The summed E-state index contributed by atoms with van der Waals surface area (Å²) in [6, 6.07) is 7.35. The van der Waals surface area contributed by atoms with E-state index in [1.807, 2.05) is 31.2 Å². The number of rotatable bonds is 9. The number of halogens is 1. The zero-order chi connectivity index (χ0) is 39.8. The third-order valence-electron chi connectivity index (χ3n) is 16.1. The molecule has 7 nitrogen and oxygen atoms in total. The van der Waals surface area contributed by atoms with Crippen molar-refractivity contribution in [1.82, 2.24) is 5.32 Å². The molecule has 1 aromatic carbocycles. The molecule has 5 aliphatic carbocycles. The van der Waals surface area contributed by atoms with Crippen molar-refractivity contribution in [3.05, 3.63) is 58.1 Å². The smallest absolute Gasteiger partial charge is 0.309 e. The number of Topliss-reactive ketones (excluding diaryl/α,β-unsaturated/α-hetero) is 1. The van der Waals surface area contributed by atoms with E-state index < -0.39 is 22.8 Å². The van der Waals surface area contributed by atoms with Gasteiger partial charge in [0.1, 0.15) is 6.10 Å². The largest absolute Gasteiger partial charge is 0.481 e. The van der Waals surface area contributed by atoms with Crippen LogP contribution in [0.15, 0.2) is 47.6 Å². The highest BCUT2D eigenvalue weighted by Gasteiger charge is 2.70. The molecule has 0 spiro atoms. The summed E-state index contributed by atoms with van der Waals surface area (Å²) in [6.45, 7) is 21.6. The minimum atomic E-state index is -1.17. The second-order valence-corrected chi connectivity index (χ2v) is 20.6. The van der Waals surface area contributed by atoms with Crippen LogP contribution < -0.4 is 5.32 Å². The first-order chi connectivity index (χ1) is 25.0. The lowest BCUT2D eigenvalue weighted by Gasteiger charge is -2.72. The summed E-state index contributed by atoms with van der Waals surface area (Å²) in [5.74, 6) is -0.107. The molecule has 4 saturated carbocycles. The Balaban J connectivity index is 1.26. The highest BCUT2D eigenvalue weighted by molar-refractivity contribution is 6.30. The molecule has 6 rings (SSSR count). The molecule has 296 valence electrons. The number of allylic oxidation sites excluding steroid dienone is 3. The van der Waals surface area contributed by atoms with Gasteiger partial charge < -0.3 is 15.2 Å². The van der Waals surface area contributed by atoms with Crippen molar-refractivity contribution in [3.63, 3.8) is 0 Å². The molecule has 9 atom stereocenters. The number of ketones is 1. The van der Waals surface area contributed by atoms with Crippen molar-refractivity contribution in [3.8, 4) is 0 Å². The number of amides is 1. The Morgan fingerprint density at radius 3 is 2.22 bits per heavy atom. The quantitative estimate of drug-likeness (QED) is 0.192. The molecule has 1 aromatic rings. The van der Waals surface area contributed by atoms with Gasteiger partial charge in [-0.05, 0) is 147 Å². The van der Waals surface area contributed by atoms with Crippen LogP contribution in [0.25, 0.3) is 0 Å². The van der Waals surface area contributed by atoms with Crippen LogP contribution in [0.5, 0.6) is 0 Å². The van der Waals surface area contributed by atoms with Gasteiger partial charge in [0.15, 0.2) is 5.78 Å². The van der Waals surface area contributed by atoms with Crippen molar-refractivity contribution < 1.29 is 29.0 Å². The van der Waals surface area contributed by atoms with Crippen molar-refractivity contribution in [2.75, 3.05) is 0 Å². The summed E-state index contributed by atoms with van der Waals surface area (Å²) in [5, 5.41) is 13.4. The van der Waals surface area contributed by atoms with Crippen molar-refractivity contribution in [2.45, 2.75) is 146 Å². The lowest BCUT2D eigenvalue weighted by atomic mass is 9.33. The van der Waals surface area contributed by atoms with Crippen LogP contribution in [0.3, 0.4) is 0 Å². The molecule has 0 bridgehead atoms. The van der Waals surface area contributed by atoms with Gasteiger partial charge in [0.25, 0.3) is 0 Å². The van der Waals surface area contributed by atoms with Crippen LogP contribution in [0.4, 0.5) is 0 Å². The first kappa shape index (κ1) is 40.7. The SMILES string of the molecule is CC(C)C1=C2[C@H]3CC[C@@H]4[C@@]5(C)CC[C@H](OC(=O)CC(C)(C)C(=O)O)C(C)(C)[C@@H]5CC[C@@]4(C)[C@]3(C)CC[C@@]2(/C=C/C(=O)N[C@@H](C)c2ccc(Cl)cc2)CC1=O. The van der Waals surface area contributed by atoms with Gasteiger partial charge in [-0.15, -0.1) is 0 Å². The van der Waals surface area contributed by atoms with Crippen molar-refractivity contribution in [2.24, 2.45) is 56.2 Å². The molecule has 0 heterocycles. The Bertz CT molecular complexity index is 1760. The average molecular weight is 762 g/mol. The third-order valence-corrected chi connectivity index (χ3v) is 16.4. The molecule has 0 radical (unpaired) electrons. The van der Waals surface area contributed by atoms with Crippen LogP contribution in [0, 0.1) is 56.2 Å². The number of carboxylic acids is 1. The monoisotopic (exact) mass is 761 g/mol. The number of hydrogen-bond acceptors (Lipinski definition) is 5. The Morgan fingerprint density at radius 1 is 0.926 bits per heavy atom. The molecule has 2 N–H and O–H groups in total. The minimum absolute atomic E-state index is 0.0114. The van der Waals surface area contributed by atoms with E-state index in [9.17, 15) is 24.3 Å². The van der Waals surface area contributed by atoms with Crippen molar-refractivity contribution >= 4 is 35.2 Å². The second-order valence-electron chi connectivity index (χ2n) is 20.2. The van der Waals surface area contributed by atoms with Crippen LogP contribution in [-0.2, 0) is 23.9 Å². The van der Waals surface area contributed by atoms with Gasteiger partial charge in [-0.2, -0.15) is 0 Å². The Morgan fingerprint density at radius 2 is 1.59 bits per heavy atom. The van der Waals surface area contributed by atoms with Gasteiger partial charge in [0, 0.05) is 22.3 Å². The van der Waals surface area contributed by atoms with Crippen LogP contribution in [0.1, 0.15) is 145 Å². The molecule has 0 unspecified atom stereocenters. The fourth-order valence-electron chi connectivity index (χ4n) is 13.0. The van der Waals surface area contributed by atoms with E-state index in [2.05, 4.69) is 59.9 Å². The molecule has 0 saturated heterocycles. The van der Waals surface area contributed by atoms with E-state index in [1.165, 1.54) is 5.57 Å². The van der Waals surface area contributed by atoms with Crippen molar-refractivity contribution in [1.29, 1.82) is 0 Å². The third kappa shape index (κ3) is 6.50. The van der Waals surface area contributed by atoms with Gasteiger partial charge in [0.05, 0.1) is 17.9 Å². The summed E-state index contributed by atoms with van der Waals surface area (Å²) in [6.07, 6.45) is 11.7. The molecule has 5 aliphatic rings. The standard InChI is InChI=1S/C46H64ClNO6/c1-27(2)38-32(49)25-46(22-19-36(50)48-28(3)29-11-13-30(47)14-12-29)24-23-44(9)31(39(38)46)15-16-34-43(8)20-18-35(54-37(51)26-41(4,5)40(52)53)42(6,7)33(43)17-21-45(34,44)10/h11-14,19,22,27-28,31,33-35H,15-18,20-21,23-26H2,1-10H3,(H,48,50)(H,52,53)/b22-19+/t28-,31+,33-,34+,35-,43-,44+,45+,46-/m0/s1. The predicted molar refractivity (Wildman–Crippen MR) is 212 cm³/mol. The fraction of sp³-hybridized carbons (Fsp3) is 0.696. The summed E-state index contributed by atoms with van der Waals surface area (Å²) >= 11 is 6.09. The average Bonchev–Trinajstić information content (AvgIpc) is 3.37. The molecule has 0 aromatic heterocycles. The van der Waals surface area contributed by atoms with Crippen LogP contribution >= 0.6 is 11.6 Å². The van der Waals surface area contributed by atoms with E-state index in [0.717, 1.165) is 62.5 Å². The minimum Gasteiger partial charge on any atom is -0.481 e. The summed E-state index contributed by atoms with van der Waals surface area (Å²) in [4.78, 5) is 52.3. The van der Waals surface area contributed by atoms with Gasteiger partial charge in [-0.1, -0.05) is 78.3 Å². The number of carboxylic acid groups (broad SMARTS) is 1. The number of carbonyl (C=O) groups is 4. The fourth-order valence-corrected chi connectivity index (χ4v) is 13.1. The Hall–Kier alpha value is -2.93. The van der Waals surface area contributed by atoms with Gasteiger partial charge >= 0.3 is 11.9 Å². The molecule has 54 heavy (non-hydrogen) atoms. The zero-order valence-corrected chi connectivity index (χ0v) is 35.1. The van der Waals surface area contributed by atoms with Crippen LogP contribution in [0.2, 0.25) is 5.02 Å². The maximum absolute atomic E-state index is 14.0. The number of ether oxygens (including phenoxy) is 1. The van der Waals surface area contributed by atoms with E-state index in [4.69, 9.17) is 16.3 Å². The number of aliphatic carboxylic acids is 1. The maximum Gasteiger partial charge on any atom is 0.309 e. The van der Waals surface area contributed by atoms with Gasteiger partial charge in [-0.25, -0.2) is 0 Å². The molecular weight excluding hydrogens is 698 g/mol. The lowest BCUT2D eigenvalue weighted by molar-refractivity contribution is -0.232. The Labute approximate surface area is 328 Å². The summed E-state index contributed by atoms with van der Waals surface area (Å²) < 4.78 is 6.16. The number of fused-ring (bicyclic) bond motifs is 7. The second kappa shape index (κ2) is 13.9. The zero-order valence-electron chi connectivity index (χ0n) is 34.4. The topological polar surface area (TPSA) is 110 Å². The highest BCUT2D eigenvalue weighted by Crippen LogP contribution is 2.77. The summed E-state index contributed by atoms with van der Waals surface area (Å²) in [7, 11) is 0. The predicted octanol–water partition coefficient (Wildman–Crippen LogP) is 10.5. The number of benzene rings is 1. The normalized spacial score (nSPS) is 36.6. The molecular formula is C46H64ClNO6. The molecule has 4 fully saturated rings. The van der Waals surface area contributed by atoms with Gasteiger partial charge in [0.2, 0.25) is 5.91 Å². The van der Waals surface area contributed by atoms with E-state index in [1.54, 1.807) is 19.9 Å². The number of hydrogen-bond donors (Lipinski definition) is 2. The molecule has 1 amide bonds. The number of carbonyl (C=O) groups excluding carboxylic acids is 3. The highest BCUT2D eigenvalue weighted by atomic mass is 35.5. The van der Waals surface area contributed by atoms with Crippen LogP contribution in [-0.4, -0.2) is 34.8 Å². The lowest BCUT2D eigenvalue weighted by Crippen LogP contribution is -2.65. The summed E-state index contributed by atoms with van der Waals surface area (Å²) in [5.41, 5.74) is 1.54. The Kier molecular flexibility index (Phi) is 10.5. The van der Waals surface area contributed by atoms with E-state index in [0.29, 0.717) is 23.3 Å². The number of nitrogens with one attached hydrogen (secondary N) is 1. The number of esters is 1. The maximum atomic E-state index is 14.0. The molecule has 0 aliphatic heterocycles. The first-order valence-corrected chi connectivity index (χ1v) is 20.9.